The van der Waals surface area contributed by atoms with E-state index in [2.05, 4.69) is 9.47 Å². The molecule has 0 unspecified atom stereocenters. The Morgan fingerprint density at radius 2 is 1.14 bits per heavy atom. The third-order valence-corrected chi connectivity index (χ3v) is 1.26. The molecule has 0 fully saturated rings. The van der Waals surface area contributed by atoms with E-state index in [0.717, 1.165) is 0 Å². The van der Waals surface area contributed by atoms with Crippen molar-refractivity contribution in [1.82, 2.24) is 0 Å². The topological polar surface area (TPSA) is 52.6 Å². The van der Waals surface area contributed by atoms with Gasteiger partial charge in [-0.15, -0.1) is 0 Å². The zero-order chi connectivity index (χ0) is 11.1. The average molecular weight is 202 g/mol. The van der Waals surface area contributed by atoms with Crippen molar-refractivity contribution in [2.45, 2.75) is 27.7 Å². The number of carbonyl (C=O) groups is 2. The molecule has 82 valence electrons. The molecule has 14 heavy (non-hydrogen) atoms. The number of hydrogen-bond donors (Lipinski definition) is 0. The molecule has 0 atom stereocenters. The maximum absolute atomic E-state index is 11.0. The largest absolute Gasteiger partial charge is 0.457 e. The molecular weight excluding hydrogens is 184 g/mol. The first-order valence-electron chi connectivity index (χ1n) is 4.77. The lowest BCUT2D eigenvalue weighted by Gasteiger charge is -2.08. The monoisotopic (exact) mass is 202 g/mol. The maximum Gasteiger partial charge on any atom is 0.417 e. The summed E-state index contributed by atoms with van der Waals surface area (Å²) in [4.78, 5) is 21.9. The molecule has 0 radical (unpaired) electrons. The van der Waals surface area contributed by atoms with Gasteiger partial charge in [0.05, 0.1) is 13.2 Å². The summed E-state index contributed by atoms with van der Waals surface area (Å²) in [6.07, 6.45) is 0. The van der Waals surface area contributed by atoms with E-state index in [1.165, 1.54) is 0 Å². The van der Waals surface area contributed by atoms with Gasteiger partial charge in [-0.25, -0.2) is 9.59 Å². The quantitative estimate of drug-likeness (QED) is 0.510. The van der Waals surface area contributed by atoms with Crippen molar-refractivity contribution in [3.05, 3.63) is 0 Å². The van der Waals surface area contributed by atoms with Gasteiger partial charge in [0.2, 0.25) is 0 Å². The Kier molecular flexibility index (Phi) is 5.92. The van der Waals surface area contributed by atoms with Gasteiger partial charge in [0, 0.05) is 0 Å². The zero-order valence-electron chi connectivity index (χ0n) is 9.20. The Hall–Kier alpha value is -1.06. The molecule has 0 saturated heterocycles. The van der Waals surface area contributed by atoms with Crippen LogP contribution >= 0.6 is 0 Å². The minimum atomic E-state index is -0.903. The molecule has 0 aliphatic heterocycles. The van der Waals surface area contributed by atoms with E-state index < -0.39 is 11.9 Å². The van der Waals surface area contributed by atoms with Gasteiger partial charge in [-0.05, 0) is 11.8 Å². The molecule has 0 rings (SSSR count). The van der Waals surface area contributed by atoms with Gasteiger partial charge in [-0.3, -0.25) is 0 Å². The first kappa shape index (κ1) is 12.9. The van der Waals surface area contributed by atoms with Crippen LogP contribution in [0.25, 0.3) is 0 Å². The van der Waals surface area contributed by atoms with E-state index in [1.54, 1.807) is 0 Å². The van der Waals surface area contributed by atoms with Gasteiger partial charge in [0.15, 0.2) is 0 Å². The van der Waals surface area contributed by atoms with Crippen LogP contribution in [-0.2, 0) is 19.1 Å². The summed E-state index contributed by atoms with van der Waals surface area (Å²) in [6, 6.07) is 0. The fourth-order valence-electron chi connectivity index (χ4n) is 0.603. The van der Waals surface area contributed by atoms with Crippen LogP contribution < -0.4 is 0 Å². The van der Waals surface area contributed by atoms with Crippen LogP contribution in [0.2, 0.25) is 0 Å². The summed E-state index contributed by atoms with van der Waals surface area (Å²) >= 11 is 0. The first-order valence-corrected chi connectivity index (χ1v) is 4.77. The summed E-state index contributed by atoms with van der Waals surface area (Å²) in [5, 5.41) is 0. The molecule has 0 spiro atoms. The zero-order valence-corrected chi connectivity index (χ0v) is 9.20. The van der Waals surface area contributed by atoms with Gasteiger partial charge in [-0.2, -0.15) is 0 Å². The lowest BCUT2D eigenvalue weighted by atomic mass is 10.2. The van der Waals surface area contributed by atoms with E-state index in [1.807, 2.05) is 27.7 Å². The van der Waals surface area contributed by atoms with Crippen molar-refractivity contribution in [2.75, 3.05) is 13.2 Å². The lowest BCUT2D eigenvalue weighted by Crippen LogP contribution is -2.23. The highest BCUT2D eigenvalue weighted by Crippen LogP contribution is 1.96. The number of carbonyl (C=O) groups excluding carboxylic acids is 2. The summed E-state index contributed by atoms with van der Waals surface area (Å²) in [5.41, 5.74) is 0. The Balaban J connectivity index is 3.71. The molecule has 0 aromatic carbocycles. The second kappa shape index (κ2) is 6.40. The number of esters is 2. The molecule has 0 aromatic rings. The van der Waals surface area contributed by atoms with Crippen LogP contribution in [0, 0.1) is 11.8 Å². The van der Waals surface area contributed by atoms with Crippen LogP contribution in [-0.4, -0.2) is 25.2 Å². The van der Waals surface area contributed by atoms with E-state index in [0.29, 0.717) is 0 Å². The van der Waals surface area contributed by atoms with E-state index >= 15 is 0 Å². The third-order valence-electron chi connectivity index (χ3n) is 1.26. The Bertz CT molecular complexity index is 174. The molecule has 0 saturated carbocycles. The number of hydrogen-bond acceptors (Lipinski definition) is 4. The minimum Gasteiger partial charge on any atom is -0.457 e. The van der Waals surface area contributed by atoms with Crippen LogP contribution in [0.3, 0.4) is 0 Å². The van der Waals surface area contributed by atoms with Gasteiger partial charge >= 0.3 is 11.9 Å². The Morgan fingerprint density at radius 1 is 0.857 bits per heavy atom. The molecule has 0 aliphatic carbocycles. The molecule has 0 aliphatic rings. The summed E-state index contributed by atoms with van der Waals surface area (Å²) in [6.45, 7) is 8.07. The molecule has 0 heterocycles. The molecule has 0 amide bonds. The van der Waals surface area contributed by atoms with Crippen LogP contribution in [0.15, 0.2) is 0 Å². The molecule has 0 N–H and O–H groups in total. The van der Waals surface area contributed by atoms with Gasteiger partial charge < -0.3 is 9.47 Å². The molecule has 4 heteroatoms. The second-order valence-corrected chi connectivity index (χ2v) is 3.98. The number of ether oxygens (including phenoxy) is 2. The summed E-state index contributed by atoms with van der Waals surface area (Å²) < 4.78 is 9.37. The highest BCUT2D eigenvalue weighted by molar-refractivity contribution is 6.29. The highest BCUT2D eigenvalue weighted by atomic mass is 16.6. The predicted octanol–water partition coefficient (Wildman–Crippen LogP) is 1.38. The summed E-state index contributed by atoms with van der Waals surface area (Å²) in [5.74, 6) is -1.37. The van der Waals surface area contributed by atoms with E-state index in [9.17, 15) is 9.59 Å². The Labute approximate surface area is 84.6 Å². The SMILES string of the molecule is CC(C)COC(=O)C(=O)OCC(C)C. The fourth-order valence-corrected chi connectivity index (χ4v) is 0.603. The smallest absolute Gasteiger partial charge is 0.417 e. The van der Waals surface area contributed by atoms with Crippen molar-refractivity contribution >= 4 is 11.9 Å². The maximum atomic E-state index is 11.0. The average Bonchev–Trinajstić information content (AvgIpc) is 2.09. The van der Waals surface area contributed by atoms with Crippen LogP contribution in [0.5, 0.6) is 0 Å². The third kappa shape index (κ3) is 6.46. The van der Waals surface area contributed by atoms with Crippen molar-refractivity contribution in [3.8, 4) is 0 Å². The van der Waals surface area contributed by atoms with Crippen molar-refractivity contribution in [1.29, 1.82) is 0 Å². The molecule has 0 bridgehead atoms. The van der Waals surface area contributed by atoms with Crippen LogP contribution in [0.4, 0.5) is 0 Å². The van der Waals surface area contributed by atoms with Gasteiger partial charge in [0.25, 0.3) is 0 Å². The highest BCUT2D eigenvalue weighted by Gasteiger charge is 2.17. The standard InChI is InChI=1S/C10H18O4/c1-7(2)5-13-9(11)10(12)14-6-8(3)4/h7-8H,5-6H2,1-4H3. The van der Waals surface area contributed by atoms with E-state index in [4.69, 9.17) is 0 Å². The van der Waals surface area contributed by atoms with Crippen LogP contribution in [0.1, 0.15) is 27.7 Å². The molecular formula is C10H18O4. The molecule has 0 aromatic heterocycles. The summed E-state index contributed by atoms with van der Waals surface area (Å²) in [7, 11) is 0. The van der Waals surface area contributed by atoms with Gasteiger partial charge in [0.1, 0.15) is 0 Å². The van der Waals surface area contributed by atoms with Crippen molar-refractivity contribution in [2.24, 2.45) is 11.8 Å². The molecule has 4 nitrogen and oxygen atoms in total. The number of rotatable bonds is 4. The lowest BCUT2D eigenvalue weighted by molar-refractivity contribution is -0.168. The first-order chi connectivity index (χ1) is 6.43. The van der Waals surface area contributed by atoms with Gasteiger partial charge in [-0.1, -0.05) is 27.7 Å². The Morgan fingerprint density at radius 3 is 1.36 bits per heavy atom. The van der Waals surface area contributed by atoms with E-state index in [-0.39, 0.29) is 25.0 Å². The predicted molar refractivity (Wildman–Crippen MR) is 51.6 cm³/mol. The van der Waals surface area contributed by atoms with Crippen molar-refractivity contribution < 1.29 is 19.1 Å². The fraction of sp³-hybridized carbons (Fsp3) is 0.800. The van der Waals surface area contributed by atoms with Crippen molar-refractivity contribution in [3.63, 3.8) is 0 Å². The normalized spacial score (nSPS) is 10.4. The second-order valence-electron chi connectivity index (χ2n) is 3.98. The minimum absolute atomic E-state index is 0.219.